The fourth-order valence-corrected chi connectivity index (χ4v) is 2.39. The number of hydrogen-bond acceptors (Lipinski definition) is 4. The van der Waals surface area contributed by atoms with E-state index >= 15 is 0 Å². The van der Waals surface area contributed by atoms with Gasteiger partial charge in [0.1, 0.15) is 5.75 Å². The minimum absolute atomic E-state index is 0.127. The van der Waals surface area contributed by atoms with Crippen LogP contribution in [-0.4, -0.2) is 45.6 Å². The van der Waals surface area contributed by atoms with Gasteiger partial charge in [0.2, 0.25) is 0 Å². The first-order valence-corrected chi connectivity index (χ1v) is 6.23. The van der Waals surface area contributed by atoms with Gasteiger partial charge in [0.25, 0.3) is 0 Å². The van der Waals surface area contributed by atoms with E-state index in [4.69, 9.17) is 9.47 Å². The Morgan fingerprint density at radius 3 is 2.94 bits per heavy atom. The van der Waals surface area contributed by atoms with Gasteiger partial charge in [-0.15, -0.1) is 0 Å². The average molecular weight is 251 g/mol. The molecular formula is C14H21NO3. The number of methoxy groups -OCH3 is 1. The van der Waals surface area contributed by atoms with Gasteiger partial charge in [-0.25, -0.2) is 0 Å². The second-order valence-electron chi connectivity index (χ2n) is 5.02. The third kappa shape index (κ3) is 2.76. The highest BCUT2D eigenvalue weighted by Gasteiger charge is 2.35. The van der Waals surface area contributed by atoms with Crippen molar-refractivity contribution in [2.75, 3.05) is 45.4 Å². The standard InChI is InChI=1S/C14H21NO3/c1-15(9-14(10-16)6-7-18-11-14)12-4-3-5-13(8-12)17-2/h3-5,8,16H,6-7,9-11H2,1-2H3. The Balaban J connectivity index is 2.08. The summed E-state index contributed by atoms with van der Waals surface area (Å²) in [6.45, 7) is 2.34. The third-order valence-electron chi connectivity index (χ3n) is 3.59. The molecule has 0 bridgehead atoms. The first-order chi connectivity index (χ1) is 8.69. The van der Waals surface area contributed by atoms with Crippen LogP contribution in [0.4, 0.5) is 5.69 Å². The van der Waals surface area contributed by atoms with Crippen LogP contribution in [0.25, 0.3) is 0 Å². The van der Waals surface area contributed by atoms with Crippen LogP contribution in [0.15, 0.2) is 24.3 Å². The van der Waals surface area contributed by atoms with Crippen molar-refractivity contribution in [3.63, 3.8) is 0 Å². The summed E-state index contributed by atoms with van der Waals surface area (Å²) in [4.78, 5) is 2.15. The van der Waals surface area contributed by atoms with Crippen molar-refractivity contribution in [3.05, 3.63) is 24.3 Å². The van der Waals surface area contributed by atoms with E-state index in [9.17, 15) is 5.11 Å². The van der Waals surface area contributed by atoms with Crippen molar-refractivity contribution in [1.82, 2.24) is 0 Å². The number of aliphatic hydroxyl groups excluding tert-OH is 1. The van der Waals surface area contributed by atoms with Crippen LogP contribution in [0.1, 0.15) is 6.42 Å². The number of rotatable bonds is 5. The zero-order valence-corrected chi connectivity index (χ0v) is 11.1. The molecule has 0 spiro atoms. The van der Waals surface area contributed by atoms with Gasteiger partial charge < -0.3 is 19.5 Å². The smallest absolute Gasteiger partial charge is 0.120 e. The molecule has 18 heavy (non-hydrogen) atoms. The number of benzene rings is 1. The first kappa shape index (κ1) is 13.2. The highest BCUT2D eigenvalue weighted by Crippen LogP contribution is 2.31. The molecule has 1 aliphatic heterocycles. The summed E-state index contributed by atoms with van der Waals surface area (Å²) in [5.41, 5.74) is 0.965. The van der Waals surface area contributed by atoms with Crippen LogP contribution in [-0.2, 0) is 4.74 Å². The zero-order chi connectivity index (χ0) is 13.0. The molecule has 2 rings (SSSR count). The van der Waals surface area contributed by atoms with Crippen LogP contribution in [0.3, 0.4) is 0 Å². The van der Waals surface area contributed by atoms with Crippen LogP contribution >= 0.6 is 0 Å². The summed E-state index contributed by atoms with van der Waals surface area (Å²) in [6, 6.07) is 7.95. The summed E-state index contributed by atoms with van der Waals surface area (Å²) < 4.78 is 10.6. The quantitative estimate of drug-likeness (QED) is 0.861. The molecule has 1 fully saturated rings. The van der Waals surface area contributed by atoms with E-state index in [1.807, 2.05) is 31.3 Å². The number of anilines is 1. The lowest BCUT2D eigenvalue weighted by Gasteiger charge is -2.31. The van der Waals surface area contributed by atoms with Crippen LogP contribution in [0.2, 0.25) is 0 Å². The van der Waals surface area contributed by atoms with E-state index < -0.39 is 0 Å². The molecule has 1 aliphatic rings. The highest BCUT2D eigenvalue weighted by molar-refractivity contribution is 5.50. The maximum absolute atomic E-state index is 9.58. The molecule has 0 aromatic heterocycles. The van der Waals surface area contributed by atoms with Crippen molar-refractivity contribution in [2.45, 2.75) is 6.42 Å². The maximum atomic E-state index is 9.58. The van der Waals surface area contributed by atoms with Crippen molar-refractivity contribution in [1.29, 1.82) is 0 Å². The Hall–Kier alpha value is -1.26. The molecule has 0 saturated carbocycles. The molecule has 1 heterocycles. The van der Waals surface area contributed by atoms with Gasteiger partial charge >= 0.3 is 0 Å². The van der Waals surface area contributed by atoms with Crippen molar-refractivity contribution >= 4 is 5.69 Å². The minimum Gasteiger partial charge on any atom is -0.497 e. The lowest BCUT2D eigenvalue weighted by molar-refractivity contribution is 0.0986. The maximum Gasteiger partial charge on any atom is 0.120 e. The van der Waals surface area contributed by atoms with E-state index in [0.29, 0.717) is 6.61 Å². The largest absolute Gasteiger partial charge is 0.497 e. The molecule has 0 radical (unpaired) electrons. The zero-order valence-electron chi connectivity index (χ0n) is 11.1. The fraction of sp³-hybridized carbons (Fsp3) is 0.571. The second kappa shape index (κ2) is 5.59. The molecule has 1 aromatic rings. The Morgan fingerprint density at radius 2 is 2.33 bits per heavy atom. The van der Waals surface area contributed by atoms with Gasteiger partial charge in [0.05, 0.1) is 20.3 Å². The average Bonchev–Trinajstić information content (AvgIpc) is 2.88. The molecule has 1 N–H and O–H groups in total. The number of hydrogen-bond donors (Lipinski definition) is 1. The van der Waals surface area contributed by atoms with E-state index in [1.54, 1.807) is 7.11 Å². The van der Waals surface area contributed by atoms with Crippen molar-refractivity contribution in [2.24, 2.45) is 5.41 Å². The molecule has 1 aromatic carbocycles. The SMILES string of the molecule is COc1cccc(N(C)CC2(CO)CCOC2)c1. The van der Waals surface area contributed by atoms with Gasteiger partial charge in [-0.3, -0.25) is 0 Å². The predicted octanol–water partition coefficient (Wildman–Crippen LogP) is 1.53. The Bertz CT molecular complexity index is 388. The molecule has 1 unspecified atom stereocenters. The van der Waals surface area contributed by atoms with Gasteiger partial charge in [-0.1, -0.05) is 6.07 Å². The Kier molecular flexibility index (Phi) is 4.09. The number of aliphatic hydroxyl groups is 1. The number of nitrogens with zero attached hydrogens (tertiary/aromatic N) is 1. The molecule has 4 nitrogen and oxygen atoms in total. The van der Waals surface area contributed by atoms with E-state index in [2.05, 4.69) is 4.90 Å². The lowest BCUT2D eigenvalue weighted by atomic mass is 9.87. The van der Waals surface area contributed by atoms with Gasteiger partial charge in [-0.05, 0) is 18.6 Å². The van der Waals surface area contributed by atoms with Crippen molar-refractivity contribution < 1.29 is 14.6 Å². The second-order valence-corrected chi connectivity index (χ2v) is 5.02. The van der Waals surface area contributed by atoms with Gasteiger partial charge in [0.15, 0.2) is 0 Å². The van der Waals surface area contributed by atoms with Gasteiger partial charge in [0, 0.05) is 37.4 Å². The Morgan fingerprint density at radius 1 is 1.50 bits per heavy atom. The van der Waals surface area contributed by atoms with E-state index in [0.717, 1.165) is 31.0 Å². The summed E-state index contributed by atoms with van der Waals surface area (Å²) in [7, 11) is 3.70. The molecule has 1 saturated heterocycles. The molecule has 0 amide bonds. The topological polar surface area (TPSA) is 41.9 Å². The number of ether oxygens (including phenoxy) is 2. The summed E-state index contributed by atoms with van der Waals surface area (Å²) >= 11 is 0. The molecular weight excluding hydrogens is 230 g/mol. The Labute approximate surface area is 108 Å². The van der Waals surface area contributed by atoms with Crippen molar-refractivity contribution in [3.8, 4) is 5.75 Å². The van der Waals surface area contributed by atoms with E-state index in [1.165, 1.54) is 0 Å². The highest BCUT2D eigenvalue weighted by atomic mass is 16.5. The van der Waals surface area contributed by atoms with Crippen LogP contribution in [0, 0.1) is 5.41 Å². The molecule has 4 heteroatoms. The summed E-state index contributed by atoms with van der Waals surface area (Å²) in [5.74, 6) is 0.847. The minimum atomic E-state index is -0.127. The van der Waals surface area contributed by atoms with Crippen LogP contribution in [0.5, 0.6) is 5.75 Å². The lowest BCUT2D eigenvalue weighted by Crippen LogP contribution is -2.39. The van der Waals surface area contributed by atoms with Crippen LogP contribution < -0.4 is 9.64 Å². The molecule has 100 valence electrons. The van der Waals surface area contributed by atoms with E-state index in [-0.39, 0.29) is 12.0 Å². The summed E-state index contributed by atoms with van der Waals surface area (Å²) in [6.07, 6.45) is 0.914. The fourth-order valence-electron chi connectivity index (χ4n) is 2.39. The molecule has 1 atom stereocenters. The monoisotopic (exact) mass is 251 g/mol. The molecule has 0 aliphatic carbocycles. The normalized spacial score (nSPS) is 23.1. The summed E-state index contributed by atoms with van der Waals surface area (Å²) in [5, 5.41) is 9.58. The third-order valence-corrected chi connectivity index (χ3v) is 3.59. The van der Waals surface area contributed by atoms with Gasteiger partial charge in [-0.2, -0.15) is 0 Å². The predicted molar refractivity (Wildman–Crippen MR) is 71.2 cm³/mol. The first-order valence-electron chi connectivity index (χ1n) is 6.23.